The Kier molecular flexibility index (Phi) is 6.41. The fraction of sp³-hybridized carbons (Fsp3) is 0.222. The molecule has 132 valence electrons. The Hall–Kier alpha value is -2.54. The van der Waals surface area contributed by atoms with Crippen LogP contribution < -0.4 is 14.8 Å². The predicted molar refractivity (Wildman–Crippen MR) is 97.2 cm³/mol. The Labute approximate surface area is 154 Å². The van der Waals surface area contributed by atoms with E-state index in [4.69, 9.17) is 14.2 Å². The van der Waals surface area contributed by atoms with Crippen LogP contribution in [0.25, 0.3) is 0 Å². The Bertz CT molecular complexity index is 761. The topological polar surface area (TPSA) is 73.9 Å². The molecule has 7 heteroatoms. The number of ether oxygens (including phenoxy) is 3. The van der Waals surface area contributed by atoms with Crippen molar-refractivity contribution in [3.05, 3.63) is 52.5 Å². The second kappa shape index (κ2) is 8.53. The second-order valence-corrected chi connectivity index (χ2v) is 6.03. The van der Waals surface area contributed by atoms with Gasteiger partial charge in [0.05, 0.1) is 19.8 Å². The van der Waals surface area contributed by atoms with Crippen molar-refractivity contribution >= 4 is 33.5 Å². The second-order valence-electron chi connectivity index (χ2n) is 5.11. The van der Waals surface area contributed by atoms with Crippen LogP contribution in [0.1, 0.15) is 17.3 Å². The van der Waals surface area contributed by atoms with Crippen LogP contribution in [-0.4, -0.2) is 32.2 Å². The highest BCUT2D eigenvalue weighted by atomic mass is 79.9. The number of hydrogen-bond acceptors (Lipinski definition) is 5. The van der Waals surface area contributed by atoms with E-state index in [0.29, 0.717) is 17.2 Å². The monoisotopic (exact) mass is 407 g/mol. The molecule has 2 aromatic rings. The normalized spacial score (nSPS) is 11.4. The van der Waals surface area contributed by atoms with Gasteiger partial charge in [-0.05, 0) is 49.4 Å². The lowest BCUT2D eigenvalue weighted by Gasteiger charge is -2.14. The van der Waals surface area contributed by atoms with Crippen molar-refractivity contribution in [3.8, 4) is 11.5 Å². The van der Waals surface area contributed by atoms with E-state index in [1.165, 1.54) is 27.2 Å². The molecule has 2 rings (SSSR count). The number of hydrogen-bond donors (Lipinski definition) is 1. The molecule has 0 aliphatic rings. The first kappa shape index (κ1) is 18.8. The molecule has 0 spiro atoms. The largest absolute Gasteiger partial charge is 0.493 e. The third-order valence-electron chi connectivity index (χ3n) is 3.38. The lowest BCUT2D eigenvalue weighted by atomic mass is 10.2. The molecule has 25 heavy (non-hydrogen) atoms. The molecule has 1 atom stereocenters. The summed E-state index contributed by atoms with van der Waals surface area (Å²) in [5.74, 6) is -0.139. The van der Waals surface area contributed by atoms with Crippen LogP contribution in [0.2, 0.25) is 0 Å². The van der Waals surface area contributed by atoms with E-state index in [2.05, 4.69) is 21.2 Å². The third-order valence-corrected chi connectivity index (χ3v) is 3.91. The number of benzene rings is 2. The maximum Gasteiger partial charge on any atom is 0.339 e. The highest BCUT2D eigenvalue weighted by Crippen LogP contribution is 2.28. The van der Waals surface area contributed by atoms with E-state index in [0.717, 1.165) is 4.47 Å². The van der Waals surface area contributed by atoms with Gasteiger partial charge in [0.25, 0.3) is 5.91 Å². The maximum atomic E-state index is 12.2. The van der Waals surface area contributed by atoms with Gasteiger partial charge in [0.2, 0.25) is 0 Å². The summed E-state index contributed by atoms with van der Waals surface area (Å²) in [6, 6.07) is 11.7. The molecule has 0 bridgehead atoms. The van der Waals surface area contributed by atoms with Crippen molar-refractivity contribution in [2.75, 3.05) is 19.5 Å². The van der Waals surface area contributed by atoms with Crippen LogP contribution in [0.3, 0.4) is 0 Å². The van der Waals surface area contributed by atoms with Gasteiger partial charge in [-0.25, -0.2) is 4.79 Å². The number of carbonyl (C=O) groups is 2. The van der Waals surface area contributed by atoms with E-state index in [1.807, 2.05) is 0 Å². The van der Waals surface area contributed by atoms with Crippen LogP contribution in [0.4, 0.5) is 5.69 Å². The number of esters is 1. The minimum absolute atomic E-state index is 0.265. The predicted octanol–water partition coefficient (Wildman–Crippen LogP) is 3.65. The van der Waals surface area contributed by atoms with Crippen molar-refractivity contribution in [3.63, 3.8) is 0 Å². The summed E-state index contributed by atoms with van der Waals surface area (Å²) in [6.45, 7) is 1.51. The third kappa shape index (κ3) is 4.96. The quantitative estimate of drug-likeness (QED) is 0.739. The van der Waals surface area contributed by atoms with Gasteiger partial charge in [0.15, 0.2) is 17.6 Å². The highest BCUT2D eigenvalue weighted by Gasteiger charge is 2.20. The van der Waals surface area contributed by atoms with E-state index in [1.54, 1.807) is 36.4 Å². The molecule has 0 aliphatic heterocycles. The molecule has 0 aromatic heterocycles. The Morgan fingerprint density at radius 2 is 1.64 bits per heavy atom. The summed E-state index contributed by atoms with van der Waals surface area (Å²) < 4.78 is 16.4. The molecule has 6 nitrogen and oxygen atoms in total. The summed E-state index contributed by atoms with van der Waals surface area (Å²) in [5.41, 5.74) is 0.878. The van der Waals surface area contributed by atoms with Crippen molar-refractivity contribution in [2.24, 2.45) is 0 Å². The van der Waals surface area contributed by atoms with Gasteiger partial charge in [-0.3, -0.25) is 4.79 Å². The molecular formula is C18H18BrNO5. The molecule has 1 N–H and O–H groups in total. The number of nitrogens with one attached hydrogen (secondary N) is 1. The lowest BCUT2D eigenvalue weighted by Crippen LogP contribution is -2.30. The lowest BCUT2D eigenvalue weighted by molar-refractivity contribution is -0.123. The average molecular weight is 408 g/mol. The van der Waals surface area contributed by atoms with E-state index < -0.39 is 18.0 Å². The first-order chi connectivity index (χ1) is 11.9. The summed E-state index contributed by atoms with van der Waals surface area (Å²) in [7, 11) is 2.98. The Morgan fingerprint density at radius 1 is 1.00 bits per heavy atom. The molecule has 2 aromatic carbocycles. The van der Waals surface area contributed by atoms with Gasteiger partial charge in [-0.15, -0.1) is 0 Å². The van der Waals surface area contributed by atoms with E-state index in [-0.39, 0.29) is 5.56 Å². The summed E-state index contributed by atoms with van der Waals surface area (Å²) in [5, 5.41) is 2.68. The molecule has 1 amide bonds. The average Bonchev–Trinajstić information content (AvgIpc) is 2.62. The summed E-state index contributed by atoms with van der Waals surface area (Å²) in [4.78, 5) is 24.4. The number of anilines is 1. The Morgan fingerprint density at radius 3 is 2.24 bits per heavy atom. The van der Waals surface area contributed by atoms with Gasteiger partial charge in [0, 0.05) is 10.2 Å². The van der Waals surface area contributed by atoms with Crippen molar-refractivity contribution in [1.29, 1.82) is 0 Å². The Balaban J connectivity index is 2.01. The molecule has 0 saturated carbocycles. The molecule has 0 saturated heterocycles. The zero-order valence-electron chi connectivity index (χ0n) is 14.0. The molecule has 0 radical (unpaired) electrons. The first-order valence-electron chi connectivity index (χ1n) is 7.44. The van der Waals surface area contributed by atoms with Crippen molar-refractivity contribution < 1.29 is 23.8 Å². The van der Waals surface area contributed by atoms with Crippen LogP contribution in [0.5, 0.6) is 11.5 Å². The van der Waals surface area contributed by atoms with Gasteiger partial charge in [-0.2, -0.15) is 0 Å². The fourth-order valence-corrected chi connectivity index (χ4v) is 2.29. The molecule has 0 unspecified atom stereocenters. The zero-order chi connectivity index (χ0) is 18.4. The number of rotatable bonds is 6. The zero-order valence-corrected chi connectivity index (χ0v) is 15.6. The summed E-state index contributed by atoms with van der Waals surface area (Å²) in [6.07, 6.45) is -0.954. The minimum atomic E-state index is -0.954. The van der Waals surface area contributed by atoms with E-state index in [9.17, 15) is 9.59 Å². The minimum Gasteiger partial charge on any atom is -0.493 e. The van der Waals surface area contributed by atoms with Crippen molar-refractivity contribution in [1.82, 2.24) is 0 Å². The first-order valence-corrected chi connectivity index (χ1v) is 8.23. The number of halogens is 1. The number of methoxy groups -OCH3 is 2. The smallest absolute Gasteiger partial charge is 0.339 e. The van der Waals surface area contributed by atoms with Crippen LogP contribution >= 0.6 is 15.9 Å². The molecule has 0 aliphatic carbocycles. The van der Waals surface area contributed by atoms with Gasteiger partial charge in [-0.1, -0.05) is 15.9 Å². The molecular weight excluding hydrogens is 390 g/mol. The summed E-state index contributed by atoms with van der Waals surface area (Å²) >= 11 is 3.32. The number of amides is 1. The highest BCUT2D eigenvalue weighted by molar-refractivity contribution is 9.10. The molecule has 0 heterocycles. The van der Waals surface area contributed by atoms with E-state index >= 15 is 0 Å². The SMILES string of the molecule is COc1ccc(C(=O)O[C@@H](C)C(=O)Nc2ccc(Br)cc2)cc1OC. The van der Waals surface area contributed by atoms with Crippen LogP contribution in [-0.2, 0) is 9.53 Å². The van der Waals surface area contributed by atoms with Crippen LogP contribution in [0.15, 0.2) is 46.9 Å². The van der Waals surface area contributed by atoms with Crippen molar-refractivity contribution in [2.45, 2.75) is 13.0 Å². The van der Waals surface area contributed by atoms with Gasteiger partial charge >= 0.3 is 5.97 Å². The number of carbonyl (C=O) groups excluding carboxylic acids is 2. The van der Waals surface area contributed by atoms with Gasteiger partial charge in [0.1, 0.15) is 0 Å². The fourth-order valence-electron chi connectivity index (χ4n) is 2.02. The standard InChI is InChI=1S/C18H18BrNO5/c1-11(17(21)20-14-7-5-13(19)6-8-14)25-18(22)12-4-9-15(23-2)16(10-12)24-3/h4-11H,1-3H3,(H,20,21)/t11-/m0/s1. The van der Waals surface area contributed by atoms with Crippen LogP contribution in [0, 0.1) is 0 Å². The van der Waals surface area contributed by atoms with Gasteiger partial charge < -0.3 is 19.5 Å². The maximum absolute atomic E-state index is 12.2. The molecule has 0 fully saturated rings.